The zero-order valence-electron chi connectivity index (χ0n) is 23.0. The molecule has 1 heterocycles. The molecule has 1 saturated heterocycles. The van der Waals surface area contributed by atoms with Gasteiger partial charge in [-0.25, -0.2) is 0 Å². The highest BCUT2D eigenvalue weighted by Crippen LogP contribution is 2.44. The number of Topliss-reactive ketones (excluding diaryl/α,β-unsaturated/α-hetero) is 1. The van der Waals surface area contributed by atoms with Crippen LogP contribution in [0.15, 0.2) is 96.6 Å². The first-order chi connectivity index (χ1) is 19.3. The molecule has 4 aromatic rings. The van der Waals surface area contributed by atoms with E-state index in [4.69, 9.17) is 9.47 Å². The molecule has 40 heavy (non-hydrogen) atoms. The lowest BCUT2D eigenvalue weighted by Gasteiger charge is -2.27. The van der Waals surface area contributed by atoms with E-state index in [2.05, 4.69) is 0 Å². The summed E-state index contributed by atoms with van der Waals surface area (Å²) in [6.07, 6.45) is 0. The number of aryl methyl sites for hydroxylation is 3. The number of anilines is 1. The summed E-state index contributed by atoms with van der Waals surface area (Å²) in [5, 5.41) is 11.6. The maximum atomic E-state index is 13.6. The second kappa shape index (κ2) is 11.1. The average Bonchev–Trinajstić information content (AvgIpc) is 3.22. The third-order valence-corrected chi connectivity index (χ3v) is 7.15. The molecule has 1 aliphatic rings. The molecule has 0 aliphatic carbocycles. The fourth-order valence-electron chi connectivity index (χ4n) is 5.13. The molecule has 1 aliphatic heterocycles. The van der Waals surface area contributed by atoms with Crippen LogP contribution in [-0.2, 0) is 16.2 Å². The number of rotatable bonds is 7. The van der Waals surface area contributed by atoms with E-state index in [1.165, 1.54) is 4.90 Å². The predicted octanol–water partition coefficient (Wildman–Crippen LogP) is 6.83. The smallest absolute Gasteiger partial charge is 0.300 e. The molecule has 1 fully saturated rings. The predicted molar refractivity (Wildman–Crippen MR) is 156 cm³/mol. The average molecular weight is 534 g/mol. The molecule has 0 bridgehead atoms. The Morgan fingerprint density at radius 1 is 0.850 bits per heavy atom. The van der Waals surface area contributed by atoms with Gasteiger partial charge in [-0.2, -0.15) is 0 Å². The first kappa shape index (κ1) is 26.8. The van der Waals surface area contributed by atoms with Crippen LogP contribution in [0.4, 0.5) is 5.69 Å². The number of aliphatic hydroxyl groups is 1. The molecule has 6 heteroatoms. The van der Waals surface area contributed by atoms with Crippen LogP contribution >= 0.6 is 0 Å². The number of aliphatic hydroxyl groups excluding tert-OH is 1. The molecule has 1 N–H and O–H groups in total. The van der Waals surface area contributed by atoms with Crippen LogP contribution in [0.25, 0.3) is 5.76 Å². The van der Waals surface area contributed by atoms with Crippen LogP contribution < -0.4 is 14.4 Å². The van der Waals surface area contributed by atoms with E-state index >= 15 is 0 Å². The number of carbonyl (C=O) groups is 2. The van der Waals surface area contributed by atoms with Crippen LogP contribution in [0.2, 0.25) is 0 Å². The van der Waals surface area contributed by atoms with Crippen LogP contribution in [0.3, 0.4) is 0 Å². The lowest BCUT2D eigenvalue weighted by atomic mass is 9.94. The Balaban J connectivity index is 1.59. The third-order valence-electron chi connectivity index (χ3n) is 7.15. The van der Waals surface area contributed by atoms with E-state index in [0.29, 0.717) is 34.9 Å². The number of ether oxygens (including phenoxy) is 2. The number of benzene rings is 4. The zero-order chi connectivity index (χ0) is 28.4. The van der Waals surface area contributed by atoms with Gasteiger partial charge in [-0.3, -0.25) is 14.5 Å². The summed E-state index contributed by atoms with van der Waals surface area (Å²) < 4.78 is 11.4. The number of hydrogen-bond acceptors (Lipinski definition) is 5. The van der Waals surface area contributed by atoms with E-state index in [0.717, 1.165) is 22.3 Å². The van der Waals surface area contributed by atoms with Crippen molar-refractivity contribution in [3.63, 3.8) is 0 Å². The van der Waals surface area contributed by atoms with Crippen molar-refractivity contribution in [1.82, 2.24) is 0 Å². The third kappa shape index (κ3) is 5.08. The van der Waals surface area contributed by atoms with Gasteiger partial charge in [0, 0.05) is 11.3 Å². The minimum atomic E-state index is -0.842. The number of amides is 1. The zero-order valence-corrected chi connectivity index (χ0v) is 23.0. The molecule has 0 aromatic heterocycles. The van der Waals surface area contributed by atoms with Crippen molar-refractivity contribution in [2.24, 2.45) is 0 Å². The second-order valence-electron chi connectivity index (χ2n) is 9.99. The molecule has 202 valence electrons. The molecule has 1 unspecified atom stereocenters. The lowest BCUT2D eigenvalue weighted by Crippen LogP contribution is -2.30. The Hall–Kier alpha value is -4.84. The van der Waals surface area contributed by atoms with Crippen LogP contribution in [0, 0.1) is 20.8 Å². The van der Waals surface area contributed by atoms with Gasteiger partial charge in [0.25, 0.3) is 11.7 Å². The Labute approximate surface area is 234 Å². The summed E-state index contributed by atoms with van der Waals surface area (Å²) in [5.41, 5.74) is 5.44. The molecule has 0 radical (unpaired) electrons. The van der Waals surface area contributed by atoms with Gasteiger partial charge in [0.2, 0.25) is 0 Å². The van der Waals surface area contributed by atoms with Gasteiger partial charge in [-0.1, -0.05) is 60.2 Å². The lowest BCUT2D eigenvalue weighted by molar-refractivity contribution is -0.132. The standard InChI is InChI=1S/C34H31NO5/c1-21-13-15-28(22(2)17-21)35-31(25-11-8-12-27(19-25)39-4)30(33(37)34(35)38)32(36)26-14-16-29(23(3)18-26)40-20-24-9-6-5-7-10-24/h5-19,31,36H,20H2,1-4H3/b32-30+. The first-order valence-corrected chi connectivity index (χ1v) is 13.1. The van der Waals surface area contributed by atoms with Crippen molar-refractivity contribution in [1.29, 1.82) is 0 Å². The van der Waals surface area contributed by atoms with Crippen molar-refractivity contribution in [2.75, 3.05) is 12.0 Å². The van der Waals surface area contributed by atoms with Crippen molar-refractivity contribution >= 4 is 23.1 Å². The Kier molecular flexibility index (Phi) is 7.43. The van der Waals surface area contributed by atoms with E-state index in [1.807, 2.05) is 75.4 Å². The van der Waals surface area contributed by atoms with Crippen molar-refractivity contribution in [3.8, 4) is 11.5 Å². The van der Waals surface area contributed by atoms with Gasteiger partial charge in [-0.05, 0) is 79.4 Å². The summed E-state index contributed by atoms with van der Waals surface area (Å²) >= 11 is 0. The molecule has 1 amide bonds. The van der Waals surface area contributed by atoms with Gasteiger partial charge in [0.05, 0.1) is 18.7 Å². The molecule has 1 atom stereocenters. The molecule has 0 spiro atoms. The van der Waals surface area contributed by atoms with Crippen molar-refractivity contribution < 1.29 is 24.2 Å². The molecule has 0 saturated carbocycles. The van der Waals surface area contributed by atoms with E-state index in [9.17, 15) is 14.7 Å². The highest BCUT2D eigenvalue weighted by Gasteiger charge is 2.47. The number of methoxy groups -OCH3 is 1. The van der Waals surface area contributed by atoms with Crippen LogP contribution in [0.5, 0.6) is 11.5 Å². The van der Waals surface area contributed by atoms with Crippen LogP contribution in [0.1, 0.15) is 39.4 Å². The van der Waals surface area contributed by atoms with Gasteiger partial charge >= 0.3 is 0 Å². The molecule has 5 rings (SSSR count). The van der Waals surface area contributed by atoms with Gasteiger partial charge in [0.1, 0.15) is 23.9 Å². The fraction of sp³-hybridized carbons (Fsp3) is 0.176. The second-order valence-corrected chi connectivity index (χ2v) is 9.99. The maximum absolute atomic E-state index is 13.6. The number of ketones is 1. The van der Waals surface area contributed by atoms with Gasteiger partial charge < -0.3 is 14.6 Å². The van der Waals surface area contributed by atoms with E-state index in [1.54, 1.807) is 43.5 Å². The molecule has 4 aromatic carbocycles. The van der Waals surface area contributed by atoms with E-state index in [-0.39, 0.29) is 11.3 Å². The summed E-state index contributed by atoms with van der Waals surface area (Å²) in [7, 11) is 1.56. The normalized spacial score (nSPS) is 16.3. The quantitative estimate of drug-likeness (QED) is 0.160. The Bertz CT molecular complexity index is 1620. The summed E-state index contributed by atoms with van der Waals surface area (Å²) in [6, 6.07) is 27.2. The number of hydrogen-bond donors (Lipinski definition) is 1. The summed E-state index contributed by atoms with van der Waals surface area (Å²) in [5.74, 6) is -0.427. The monoisotopic (exact) mass is 533 g/mol. The van der Waals surface area contributed by atoms with Crippen molar-refractivity contribution in [2.45, 2.75) is 33.4 Å². The highest BCUT2D eigenvalue weighted by atomic mass is 16.5. The molecule has 6 nitrogen and oxygen atoms in total. The summed E-state index contributed by atoms with van der Waals surface area (Å²) in [4.78, 5) is 28.6. The highest BCUT2D eigenvalue weighted by molar-refractivity contribution is 6.51. The van der Waals surface area contributed by atoms with Gasteiger partial charge in [0.15, 0.2) is 0 Å². The Morgan fingerprint density at radius 3 is 2.33 bits per heavy atom. The Morgan fingerprint density at radius 2 is 1.62 bits per heavy atom. The number of carbonyl (C=O) groups excluding carboxylic acids is 2. The van der Waals surface area contributed by atoms with Crippen LogP contribution in [-0.4, -0.2) is 23.9 Å². The van der Waals surface area contributed by atoms with Crippen molar-refractivity contribution in [3.05, 3.63) is 130 Å². The SMILES string of the molecule is COc1cccc(C2/C(=C(\O)c3ccc(OCc4ccccc4)c(C)c3)C(=O)C(=O)N2c2ccc(C)cc2C)c1. The molecular weight excluding hydrogens is 502 g/mol. The first-order valence-electron chi connectivity index (χ1n) is 13.1. The fourth-order valence-corrected chi connectivity index (χ4v) is 5.13. The largest absolute Gasteiger partial charge is 0.507 e. The summed E-state index contributed by atoms with van der Waals surface area (Å²) in [6.45, 7) is 6.16. The van der Waals surface area contributed by atoms with E-state index < -0.39 is 17.7 Å². The molecular formula is C34H31NO5. The minimum absolute atomic E-state index is 0.0237. The minimum Gasteiger partial charge on any atom is -0.507 e. The van der Waals surface area contributed by atoms with Gasteiger partial charge in [-0.15, -0.1) is 0 Å². The maximum Gasteiger partial charge on any atom is 0.300 e. The number of nitrogens with zero attached hydrogens (tertiary/aromatic N) is 1. The topological polar surface area (TPSA) is 76.1 Å².